The molecule has 0 aliphatic heterocycles. The number of nitrogens with zero attached hydrogens (tertiary/aromatic N) is 3. The molecule has 0 fully saturated rings. The molecule has 2 aromatic carbocycles. The van der Waals surface area contributed by atoms with Gasteiger partial charge in [-0.3, -0.25) is 10.2 Å². The van der Waals surface area contributed by atoms with Crippen molar-refractivity contribution < 1.29 is 9.53 Å². The normalized spacial score (nSPS) is 10.5. The molecule has 0 aliphatic rings. The molecule has 1 heterocycles. The quantitative estimate of drug-likeness (QED) is 0.575. The van der Waals surface area contributed by atoms with Gasteiger partial charge in [0.1, 0.15) is 11.6 Å². The van der Waals surface area contributed by atoms with Crippen molar-refractivity contribution in [2.75, 3.05) is 12.0 Å². The topological polar surface area (TPSA) is 69.0 Å². The Morgan fingerprint density at radius 3 is 2.62 bits per heavy atom. The molecule has 8 heteroatoms. The summed E-state index contributed by atoms with van der Waals surface area (Å²) in [4.78, 5) is 12.2. The number of ether oxygens (including phenoxy) is 1. The number of nitrogens with one attached hydrogen (secondary N) is 1. The van der Waals surface area contributed by atoms with Crippen LogP contribution < -0.4 is 10.2 Å². The molecule has 0 aliphatic carbocycles. The molecule has 0 saturated heterocycles. The highest BCUT2D eigenvalue weighted by molar-refractivity contribution is 9.10. The van der Waals surface area contributed by atoms with Crippen LogP contribution in [0.1, 0.15) is 11.4 Å². The van der Waals surface area contributed by atoms with Crippen molar-refractivity contribution in [1.29, 1.82) is 0 Å². The van der Waals surface area contributed by atoms with Crippen LogP contribution in [0.4, 0.5) is 0 Å². The number of hydrogen-bond acceptors (Lipinski definition) is 5. The Morgan fingerprint density at radius 2 is 1.88 bits per heavy atom. The molecule has 1 amide bonds. The van der Waals surface area contributed by atoms with E-state index in [2.05, 4.69) is 31.6 Å². The first kappa shape index (κ1) is 18.5. The van der Waals surface area contributed by atoms with Gasteiger partial charge >= 0.3 is 0 Å². The summed E-state index contributed by atoms with van der Waals surface area (Å²) in [7, 11) is 0. The third-order valence-electron chi connectivity index (χ3n) is 3.43. The van der Waals surface area contributed by atoms with Crippen LogP contribution >= 0.6 is 27.7 Å². The predicted molar refractivity (Wildman–Crippen MR) is 105 cm³/mol. The summed E-state index contributed by atoms with van der Waals surface area (Å²) in [5.41, 5.74) is 3.95. The summed E-state index contributed by atoms with van der Waals surface area (Å²) >= 11 is 4.87. The van der Waals surface area contributed by atoms with Gasteiger partial charge in [0.05, 0.1) is 0 Å². The van der Waals surface area contributed by atoms with Crippen LogP contribution in [0.5, 0.6) is 5.75 Å². The Labute approximate surface area is 164 Å². The largest absolute Gasteiger partial charge is 0.484 e. The minimum Gasteiger partial charge on any atom is -0.484 e. The van der Waals surface area contributed by atoms with E-state index in [4.69, 9.17) is 4.74 Å². The van der Waals surface area contributed by atoms with E-state index in [1.165, 1.54) is 17.3 Å². The lowest BCUT2D eigenvalue weighted by atomic mass is 10.2. The van der Waals surface area contributed by atoms with Gasteiger partial charge in [0.15, 0.2) is 6.61 Å². The molecule has 134 valence electrons. The molecule has 0 spiro atoms. The first-order valence-corrected chi connectivity index (χ1v) is 9.66. The van der Waals surface area contributed by atoms with Crippen LogP contribution in [-0.4, -0.2) is 27.4 Å². The second-order valence-corrected chi connectivity index (χ2v) is 7.28. The molecular weight excluding hydrogens is 416 g/mol. The van der Waals surface area contributed by atoms with Gasteiger partial charge in [-0.05, 0) is 36.8 Å². The van der Waals surface area contributed by atoms with Gasteiger partial charge < -0.3 is 4.74 Å². The minimum absolute atomic E-state index is 0.0952. The summed E-state index contributed by atoms with van der Waals surface area (Å²) in [6, 6.07) is 17.4. The number of hydrogen-bond donors (Lipinski definition) is 1. The summed E-state index contributed by atoms with van der Waals surface area (Å²) in [5.74, 6) is 1.70. The van der Waals surface area contributed by atoms with Crippen molar-refractivity contribution in [3.8, 4) is 5.75 Å². The smallest absolute Gasteiger partial charge is 0.276 e. The molecule has 1 aromatic heterocycles. The van der Waals surface area contributed by atoms with Crippen molar-refractivity contribution >= 4 is 33.6 Å². The van der Waals surface area contributed by atoms with E-state index in [1.807, 2.05) is 42.5 Å². The van der Waals surface area contributed by atoms with Gasteiger partial charge in [0.25, 0.3) is 5.91 Å². The van der Waals surface area contributed by atoms with Crippen LogP contribution in [0.15, 0.2) is 64.2 Å². The number of amides is 1. The fourth-order valence-electron chi connectivity index (χ4n) is 2.12. The van der Waals surface area contributed by atoms with Crippen LogP contribution in [-0.2, 0) is 10.5 Å². The average molecular weight is 433 g/mol. The Bertz CT molecular complexity index is 869. The second-order valence-electron chi connectivity index (χ2n) is 5.42. The Hall–Kier alpha value is -2.32. The third kappa shape index (κ3) is 5.09. The monoisotopic (exact) mass is 432 g/mol. The van der Waals surface area contributed by atoms with Crippen LogP contribution in [0.3, 0.4) is 0 Å². The van der Waals surface area contributed by atoms with Gasteiger partial charge in [-0.25, -0.2) is 4.68 Å². The molecular formula is C18H17BrN4O2S. The molecule has 3 aromatic rings. The molecule has 0 radical (unpaired) electrons. The summed E-state index contributed by atoms with van der Waals surface area (Å²) in [5, 5.41) is 8.80. The lowest BCUT2D eigenvalue weighted by molar-refractivity contribution is -0.119. The average Bonchev–Trinajstić information content (AvgIpc) is 3.00. The van der Waals surface area contributed by atoms with E-state index < -0.39 is 0 Å². The van der Waals surface area contributed by atoms with Crippen LogP contribution in [0, 0.1) is 6.92 Å². The number of benzene rings is 2. The number of rotatable bonds is 7. The van der Waals surface area contributed by atoms with E-state index in [-0.39, 0.29) is 12.5 Å². The first-order valence-electron chi connectivity index (χ1n) is 7.89. The van der Waals surface area contributed by atoms with Gasteiger partial charge in [0, 0.05) is 10.2 Å². The lowest BCUT2D eigenvalue weighted by Gasteiger charge is -2.11. The molecule has 0 atom stereocenters. The number of carbonyl (C=O) groups excluding carboxylic acids is 1. The highest BCUT2D eigenvalue weighted by atomic mass is 79.9. The number of halogens is 1. The minimum atomic E-state index is -0.280. The number of aryl methyl sites for hydroxylation is 1. The zero-order chi connectivity index (χ0) is 18.4. The van der Waals surface area contributed by atoms with E-state index in [9.17, 15) is 4.79 Å². The van der Waals surface area contributed by atoms with Gasteiger partial charge in [-0.2, -0.15) is 0 Å². The molecule has 1 N–H and O–H groups in total. The van der Waals surface area contributed by atoms with Crippen molar-refractivity contribution in [2.45, 2.75) is 17.8 Å². The van der Waals surface area contributed by atoms with Gasteiger partial charge in [-0.1, -0.05) is 58.0 Å². The zero-order valence-electron chi connectivity index (χ0n) is 14.1. The Balaban J connectivity index is 1.57. The van der Waals surface area contributed by atoms with Crippen LogP contribution in [0.25, 0.3) is 0 Å². The third-order valence-corrected chi connectivity index (χ3v) is 4.95. The van der Waals surface area contributed by atoms with Crippen molar-refractivity contribution in [3.63, 3.8) is 0 Å². The first-order chi connectivity index (χ1) is 12.6. The maximum Gasteiger partial charge on any atom is 0.276 e. The van der Waals surface area contributed by atoms with E-state index >= 15 is 0 Å². The molecule has 0 bridgehead atoms. The molecule has 26 heavy (non-hydrogen) atoms. The number of aromatic nitrogens is 3. The van der Waals surface area contributed by atoms with Crippen molar-refractivity contribution in [1.82, 2.24) is 14.9 Å². The Kier molecular flexibility index (Phi) is 6.30. The summed E-state index contributed by atoms with van der Waals surface area (Å²) in [6.07, 6.45) is 0. The fraction of sp³-hybridized carbons (Fsp3) is 0.167. The molecule has 6 nitrogen and oxygen atoms in total. The standard InChI is InChI=1S/C18H17BrN4O2S/c1-13-20-21-18(26-12-14-5-3-2-4-6-14)23(13)22-17(24)11-25-16-9-7-15(19)8-10-16/h2-10H,11-12H2,1H3,(H,22,24). The lowest BCUT2D eigenvalue weighted by Crippen LogP contribution is -2.29. The highest BCUT2D eigenvalue weighted by Crippen LogP contribution is 2.21. The van der Waals surface area contributed by atoms with Crippen molar-refractivity contribution in [3.05, 3.63) is 70.5 Å². The highest BCUT2D eigenvalue weighted by Gasteiger charge is 2.13. The van der Waals surface area contributed by atoms with Crippen LogP contribution in [0.2, 0.25) is 0 Å². The van der Waals surface area contributed by atoms with Gasteiger partial charge in [-0.15, -0.1) is 10.2 Å². The van der Waals surface area contributed by atoms with E-state index in [0.717, 1.165) is 10.2 Å². The maximum atomic E-state index is 12.2. The number of carbonyl (C=O) groups is 1. The second kappa shape index (κ2) is 8.86. The van der Waals surface area contributed by atoms with E-state index in [1.54, 1.807) is 23.7 Å². The SMILES string of the molecule is Cc1nnc(SCc2ccccc2)n1NC(=O)COc1ccc(Br)cc1. The Morgan fingerprint density at radius 1 is 1.15 bits per heavy atom. The molecule has 0 saturated carbocycles. The maximum absolute atomic E-state index is 12.2. The van der Waals surface area contributed by atoms with Gasteiger partial charge in [0.2, 0.25) is 5.16 Å². The molecule has 0 unspecified atom stereocenters. The molecule has 3 rings (SSSR count). The number of thioether (sulfide) groups is 1. The fourth-order valence-corrected chi connectivity index (χ4v) is 3.28. The van der Waals surface area contributed by atoms with Crippen molar-refractivity contribution in [2.24, 2.45) is 0 Å². The zero-order valence-corrected chi connectivity index (χ0v) is 16.5. The van der Waals surface area contributed by atoms with E-state index in [0.29, 0.717) is 16.7 Å². The predicted octanol–water partition coefficient (Wildman–Crippen LogP) is 3.79. The summed E-state index contributed by atoms with van der Waals surface area (Å²) < 4.78 is 8.02. The summed E-state index contributed by atoms with van der Waals surface area (Å²) in [6.45, 7) is 1.69.